The molecular weight excluding hydrogens is 783 g/mol. The van der Waals surface area contributed by atoms with Gasteiger partial charge in [0.2, 0.25) is 5.91 Å². The molecule has 0 spiro atoms. The molecule has 3 amide bonds. The van der Waals surface area contributed by atoms with Crippen molar-refractivity contribution in [3.05, 3.63) is 71.0 Å². The van der Waals surface area contributed by atoms with Gasteiger partial charge in [-0.25, -0.2) is 14.6 Å². The van der Waals surface area contributed by atoms with E-state index >= 15 is 0 Å². The van der Waals surface area contributed by atoms with Crippen LogP contribution in [0.1, 0.15) is 39.5 Å². The fourth-order valence-electron chi connectivity index (χ4n) is 8.01. The number of nitrogens with zero attached hydrogens (tertiary/aromatic N) is 8. The van der Waals surface area contributed by atoms with E-state index in [9.17, 15) is 37.5 Å². The van der Waals surface area contributed by atoms with Crippen molar-refractivity contribution in [2.45, 2.75) is 19.0 Å². The maximum absolute atomic E-state index is 14.1. The standard InChI is InChI=1S/C38H43ClF3N11O5/c1-43-26-4-6-31(45-18-26)52-20-28(33(48-52)38(40,41)42)30-19-46-34(49(30)2)35(56)47-25-3-5-27(29(39)15-25)37(58)51-11-9-50(10-12-51)36(57)24-7-13-53(14-8-24,22-32(54)55)21-23-16-44-17-23/h3-6,15,18-20,23-24,43-44H,7-14,16-17,21-22H2,1-2H3,(H-,47,54,55,56,58). The van der Waals surface area contributed by atoms with Crippen molar-refractivity contribution in [1.82, 2.24) is 39.4 Å². The van der Waals surface area contributed by atoms with Gasteiger partial charge in [0.15, 0.2) is 17.3 Å². The Hall–Kier alpha value is -5.53. The predicted octanol–water partition coefficient (Wildman–Crippen LogP) is 2.11. The van der Waals surface area contributed by atoms with Gasteiger partial charge in [0.05, 0.1) is 65.5 Å². The first-order valence-electron chi connectivity index (χ1n) is 18.9. The van der Waals surface area contributed by atoms with Crippen molar-refractivity contribution >= 4 is 46.7 Å². The SMILES string of the molecule is CNc1ccc(-n2cc(-c3cnc(C(=O)Nc4ccc(C(=O)N5CCN(C(=O)C6CC[N+](CC(=O)[O-])(CC7CNC7)CC6)CC5)c(Cl)c4)n3C)c(C(F)(F)F)n2)nc1. The van der Waals surface area contributed by atoms with Gasteiger partial charge >= 0.3 is 6.18 Å². The van der Waals surface area contributed by atoms with E-state index in [0.29, 0.717) is 68.2 Å². The number of hydrogen-bond donors (Lipinski definition) is 3. The van der Waals surface area contributed by atoms with E-state index in [1.807, 2.05) is 0 Å². The summed E-state index contributed by atoms with van der Waals surface area (Å²) in [6, 6.07) is 7.52. The third-order valence-electron chi connectivity index (χ3n) is 11.3. The molecule has 0 unspecified atom stereocenters. The van der Waals surface area contributed by atoms with Gasteiger partial charge in [0, 0.05) is 89.9 Å². The van der Waals surface area contributed by atoms with Gasteiger partial charge in [-0.2, -0.15) is 18.3 Å². The topological polar surface area (TPSA) is 182 Å². The molecule has 3 aliphatic heterocycles. The van der Waals surface area contributed by atoms with Crippen LogP contribution < -0.4 is 21.1 Å². The molecule has 3 aliphatic rings. The highest BCUT2D eigenvalue weighted by Gasteiger charge is 2.42. The highest BCUT2D eigenvalue weighted by Crippen LogP contribution is 2.37. The Morgan fingerprint density at radius 2 is 1.67 bits per heavy atom. The second-order valence-corrected chi connectivity index (χ2v) is 15.5. The molecule has 0 bridgehead atoms. The summed E-state index contributed by atoms with van der Waals surface area (Å²) >= 11 is 6.54. The molecule has 0 atom stereocenters. The van der Waals surface area contributed by atoms with Crippen molar-refractivity contribution in [3.63, 3.8) is 0 Å². The summed E-state index contributed by atoms with van der Waals surface area (Å²) in [6.45, 7) is 4.96. The number of carbonyl (C=O) groups is 4. The van der Waals surface area contributed by atoms with Crippen LogP contribution in [-0.2, 0) is 22.8 Å². The van der Waals surface area contributed by atoms with Gasteiger partial charge in [-0.1, -0.05) is 11.6 Å². The molecule has 20 heteroatoms. The third kappa shape index (κ3) is 8.51. The second kappa shape index (κ2) is 16.4. The lowest BCUT2D eigenvalue weighted by Gasteiger charge is -2.47. The highest BCUT2D eigenvalue weighted by molar-refractivity contribution is 6.34. The number of aliphatic carboxylic acids is 1. The number of carbonyl (C=O) groups excluding carboxylic acids is 4. The number of quaternary nitrogens is 1. The number of anilines is 2. The minimum absolute atomic E-state index is 0.0120. The Morgan fingerprint density at radius 3 is 2.26 bits per heavy atom. The highest BCUT2D eigenvalue weighted by atomic mass is 35.5. The van der Waals surface area contributed by atoms with Gasteiger partial charge in [-0.3, -0.25) is 14.4 Å². The van der Waals surface area contributed by atoms with Crippen LogP contribution in [0.5, 0.6) is 0 Å². The molecular formula is C38H43ClF3N11O5. The van der Waals surface area contributed by atoms with Crippen LogP contribution in [0.3, 0.4) is 0 Å². The number of carboxylic acids is 1. The fourth-order valence-corrected chi connectivity index (χ4v) is 8.27. The Bertz CT molecular complexity index is 2190. The lowest BCUT2D eigenvalue weighted by molar-refractivity contribution is -0.931. The first kappa shape index (κ1) is 40.7. The van der Waals surface area contributed by atoms with Gasteiger partial charge in [-0.05, 0) is 30.3 Å². The van der Waals surface area contributed by atoms with Crippen LogP contribution in [0.4, 0.5) is 24.5 Å². The summed E-state index contributed by atoms with van der Waals surface area (Å²) in [5.74, 6) is -1.94. The number of rotatable bonds is 11. The van der Waals surface area contributed by atoms with E-state index in [4.69, 9.17) is 11.6 Å². The van der Waals surface area contributed by atoms with Crippen molar-refractivity contribution < 1.29 is 41.9 Å². The van der Waals surface area contributed by atoms with Crippen molar-refractivity contribution in [1.29, 1.82) is 0 Å². The van der Waals surface area contributed by atoms with Crippen LogP contribution in [0, 0.1) is 11.8 Å². The number of carboxylic acid groups (broad SMARTS) is 1. The number of hydrogen-bond acceptors (Lipinski definition) is 10. The number of alkyl halides is 3. The van der Waals surface area contributed by atoms with E-state index in [-0.39, 0.29) is 63.5 Å². The molecule has 0 saturated carbocycles. The van der Waals surface area contributed by atoms with Crippen LogP contribution in [-0.4, -0.2) is 135 Å². The summed E-state index contributed by atoms with van der Waals surface area (Å²) in [5, 5.41) is 24.2. The number of piperazine rings is 1. The smallest absolute Gasteiger partial charge is 0.435 e. The lowest BCUT2D eigenvalue weighted by Crippen LogP contribution is -2.63. The zero-order chi connectivity index (χ0) is 41.4. The first-order valence-corrected chi connectivity index (χ1v) is 19.3. The zero-order valence-electron chi connectivity index (χ0n) is 31.9. The minimum Gasteiger partial charge on any atom is -0.544 e. The Labute approximate surface area is 336 Å². The molecule has 58 heavy (non-hydrogen) atoms. The number of benzene rings is 1. The van der Waals surface area contributed by atoms with Gasteiger partial charge in [0.1, 0.15) is 6.54 Å². The number of imidazole rings is 1. The van der Waals surface area contributed by atoms with Gasteiger partial charge in [0.25, 0.3) is 11.8 Å². The first-order chi connectivity index (χ1) is 27.6. The van der Waals surface area contributed by atoms with E-state index in [1.165, 1.54) is 48.3 Å². The molecule has 1 aromatic carbocycles. The second-order valence-electron chi connectivity index (χ2n) is 15.1. The summed E-state index contributed by atoms with van der Waals surface area (Å²) < 4.78 is 45.1. The molecule has 3 saturated heterocycles. The summed E-state index contributed by atoms with van der Waals surface area (Å²) in [4.78, 5) is 63.5. The molecule has 4 aromatic rings. The molecule has 0 aliphatic carbocycles. The Morgan fingerprint density at radius 1 is 0.983 bits per heavy atom. The predicted molar refractivity (Wildman–Crippen MR) is 204 cm³/mol. The van der Waals surface area contributed by atoms with Crippen molar-refractivity contribution in [2.75, 3.05) is 83.1 Å². The monoisotopic (exact) mass is 825 g/mol. The average molecular weight is 826 g/mol. The van der Waals surface area contributed by atoms with Crippen molar-refractivity contribution in [3.8, 4) is 17.1 Å². The summed E-state index contributed by atoms with van der Waals surface area (Å²) in [5.41, 5.74) is -0.411. The summed E-state index contributed by atoms with van der Waals surface area (Å²) in [6.07, 6.45) is 0.159. The molecule has 0 radical (unpaired) electrons. The van der Waals surface area contributed by atoms with Crippen LogP contribution in [0.15, 0.2) is 48.9 Å². The van der Waals surface area contributed by atoms with E-state index < -0.39 is 23.7 Å². The van der Waals surface area contributed by atoms with E-state index in [1.54, 1.807) is 22.9 Å². The Kier molecular flexibility index (Phi) is 11.5. The number of pyridine rings is 1. The normalized spacial score (nSPS) is 20.1. The number of nitrogens with one attached hydrogen (secondary N) is 3. The largest absolute Gasteiger partial charge is 0.544 e. The van der Waals surface area contributed by atoms with Crippen molar-refractivity contribution in [2.24, 2.45) is 18.9 Å². The molecule has 3 N–H and O–H groups in total. The van der Waals surface area contributed by atoms with E-state index in [0.717, 1.165) is 30.5 Å². The zero-order valence-corrected chi connectivity index (χ0v) is 32.6. The molecule has 308 valence electrons. The fraction of sp³-hybridized carbons (Fsp3) is 0.447. The number of aromatic nitrogens is 5. The average Bonchev–Trinajstić information content (AvgIpc) is 3.80. The molecule has 3 aromatic heterocycles. The maximum Gasteiger partial charge on any atom is 0.435 e. The van der Waals surface area contributed by atoms with Crippen LogP contribution in [0.25, 0.3) is 17.1 Å². The van der Waals surface area contributed by atoms with Crippen LogP contribution >= 0.6 is 11.6 Å². The number of likely N-dealkylation sites (tertiary alicyclic amines) is 1. The number of amides is 3. The third-order valence-corrected chi connectivity index (χ3v) is 11.6. The lowest BCUT2D eigenvalue weighted by atomic mass is 9.90. The maximum atomic E-state index is 14.1. The molecule has 3 fully saturated rings. The van der Waals surface area contributed by atoms with Gasteiger partial charge < -0.3 is 44.7 Å². The van der Waals surface area contributed by atoms with Gasteiger partial charge in [-0.15, -0.1) is 0 Å². The number of piperidine rings is 1. The van der Waals surface area contributed by atoms with Crippen LogP contribution in [0.2, 0.25) is 5.02 Å². The minimum atomic E-state index is -4.82. The quantitative estimate of drug-likeness (QED) is 0.190. The molecule has 16 nitrogen and oxygen atoms in total. The number of halogens is 4. The van der Waals surface area contributed by atoms with E-state index in [2.05, 4.69) is 31.0 Å². The molecule has 7 rings (SSSR count). The summed E-state index contributed by atoms with van der Waals surface area (Å²) in [7, 11) is 3.09. The molecule has 6 heterocycles. The Balaban J connectivity index is 0.956.